The molecule has 2 unspecified atom stereocenters. The van der Waals surface area contributed by atoms with Crippen LogP contribution in [0.1, 0.15) is 17.5 Å². The second-order valence-corrected chi connectivity index (χ2v) is 7.02. The number of carbonyl (C=O) groups excluding carboxylic acids is 2. The molecule has 124 valence electrons. The Hall–Kier alpha value is -2.14. The van der Waals surface area contributed by atoms with Crippen LogP contribution in [0, 0.1) is 18.8 Å². The van der Waals surface area contributed by atoms with Gasteiger partial charge in [-0.05, 0) is 42.7 Å². The Balaban J connectivity index is 1.51. The van der Waals surface area contributed by atoms with Crippen LogP contribution in [0.5, 0.6) is 0 Å². The first kappa shape index (κ1) is 16.7. The highest BCUT2D eigenvalue weighted by Gasteiger charge is 2.47. The summed E-state index contributed by atoms with van der Waals surface area (Å²) in [4.78, 5) is 24.5. The highest BCUT2D eigenvalue weighted by molar-refractivity contribution is 9.10. The van der Waals surface area contributed by atoms with Crippen molar-refractivity contribution >= 4 is 33.4 Å². The van der Waals surface area contributed by atoms with Crippen molar-refractivity contribution in [1.29, 1.82) is 0 Å². The summed E-state index contributed by atoms with van der Waals surface area (Å²) in [5.41, 5.74) is 2.83. The molecule has 2 aromatic rings. The third-order valence-electron chi connectivity index (χ3n) is 4.22. The predicted molar refractivity (Wildman–Crippen MR) is 97.4 cm³/mol. The second kappa shape index (κ2) is 7.18. The first-order valence-electron chi connectivity index (χ1n) is 7.93. The molecule has 24 heavy (non-hydrogen) atoms. The maximum atomic E-state index is 12.3. The molecule has 0 radical (unpaired) electrons. The van der Waals surface area contributed by atoms with E-state index in [0.29, 0.717) is 13.0 Å². The lowest BCUT2D eigenvalue weighted by Gasteiger charge is -2.09. The number of hydrogen-bond donors (Lipinski definition) is 2. The van der Waals surface area contributed by atoms with E-state index in [1.54, 1.807) is 0 Å². The number of benzene rings is 2. The Morgan fingerprint density at radius 3 is 2.50 bits per heavy atom. The van der Waals surface area contributed by atoms with Crippen LogP contribution in [0.2, 0.25) is 0 Å². The molecule has 2 amide bonds. The molecule has 0 heterocycles. The summed E-state index contributed by atoms with van der Waals surface area (Å²) >= 11 is 3.40. The first-order valence-corrected chi connectivity index (χ1v) is 8.72. The fourth-order valence-electron chi connectivity index (χ4n) is 2.68. The summed E-state index contributed by atoms with van der Waals surface area (Å²) in [5, 5.41) is 5.82. The summed E-state index contributed by atoms with van der Waals surface area (Å²) in [7, 11) is 0. The van der Waals surface area contributed by atoms with Crippen LogP contribution in [0.4, 0.5) is 5.69 Å². The Morgan fingerprint density at radius 2 is 1.79 bits per heavy atom. The van der Waals surface area contributed by atoms with Crippen molar-refractivity contribution in [1.82, 2.24) is 5.32 Å². The zero-order valence-electron chi connectivity index (χ0n) is 13.4. The van der Waals surface area contributed by atoms with Crippen molar-refractivity contribution in [3.63, 3.8) is 0 Å². The van der Waals surface area contributed by atoms with Crippen molar-refractivity contribution in [2.45, 2.75) is 19.9 Å². The lowest BCUT2D eigenvalue weighted by molar-refractivity contribution is -0.125. The number of hydrogen-bond acceptors (Lipinski definition) is 2. The van der Waals surface area contributed by atoms with Crippen LogP contribution >= 0.6 is 15.9 Å². The normalized spacial score (nSPS) is 18.8. The Labute approximate surface area is 149 Å². The van der Waals surface area contributed by atoms with Gasteiger partial charge in [0, 0.05) is 16.7 Å². The van der Waals surface area contributed by atoms with Gasteiger partial charge in [0.25, 0.3) is 0 Å². The number of rotatable bonds is 5. The molecule has 2 atom stereocenters. The van der Waals surface area contributed by atoms with Crippen LogP contribution in [0.15, 0.2) is 53.0 Å². The Kier molecular flexibility index (Phi) is 5.00. The van der Waals surface area contributed by atoms with Crippen molar-refractivity contribution in [2.75, 3.05) is 5.32 Å². The van der Waals surface area contributed by atoms with Crippen LogP contribution in [0.3, 0.4) is 0 Å². The number of halogens is 1. The SMILES string of the molecule is Cc1cc(Br)ccc1NC(=O)C1CC1C(=O)NCc1ccccc1. The lowest BCUT2D eigenvalue weighted by atomic mass is 10.2. The molecule has 0 bridgehead atoms. The van der Waals surface area contributed by atoms with Gasteiger partial charge >= 0.3 is 0 Å². The standard InChI is InChI=1S/C19H19BrN2O2/c1-12-9-14(20)7-8-17(12)22-19(24)16-10-15(16)18(23)21-11-13-5-3-2-4-6-13/h2-9,15-16H,10-11H2,1H3,(H,21,23)(H,22,24). The third kappa shape index (κ3) is 4.03. The fourth-order valence-corrected chi connectivity index (χ4v) is 3.16. The van der Waals surface area contributed by atoms with Gasteiger partial charge in [-0.25, -0.2) is 0 Å². The summed E-state index contributed by atoms with van der Waals surface area (Å²) in [5.74, 6) is -0.583. The topological polar surface area (TPSA) is 58.2 Å². The van der Waals surface area contributed by atoms with Crippen LogP contribution in [-0.2, 0) is 16.1 Å². The molecule has 3 rings (SSSR count). The van der Waals surface area contributed by atoms with Gasteiger partial charge in [-0.15, -0.1) is 0 Å². The zero-order chi connectivity index (χ0) is 17.1. The van der Waals surface area contributed by atoms with E-state index in [-0.39, 0.29) is 23.7 Å². The van der Waals surface area contributed by atoms with E-state index in [0.717, 1.165) is 21.3 Å². The predicted octanol–water partition coefficient (Wildman–Crippen LogP) is 3.65. The minimum Gasteiger partial charge on any atom is -0.352 e. The van der Waals surface area contributed by atoms with E-state index in [2.05, 4.69) is 26.6 Å². The highest BCUT2D eigenvalue weighted by atomic mass is 79.9. The minimum atomic E-state index is -0.233. The van der Waals surface area contributed by atoms with Gasteiger partial charge in [0.05, 0.1) is 11.8 Å². The second-order valence-electron chi connectivity index (χ2n) is 6.10. The monoisotopic (exact) mass is 386 g/mol. The molecule has 1 aliphatic carbocycles. The fraction of sp³-hybridized carbons (Fsp3) is 0.263. The van der Waals surface area contributed by atoms with Gasteiger partial charge in [-0.1, -0.05) is 46.3 Å². The van der Waals surface area contributed by atoms with Crippen molar-refractivity contribution < 1.29 is 9.59 Å². The number of anilines is 1. The van der Waals surface area contributed by atoms with E-state index < -0.39 is 0 Å². The van der Waals surface area contributed by atoms with E-state index >= 15 is 0 Å². The van der Waals surface area contributed by atoms with Gasteiger partial charge in [-0.3, -0.25) is 9.59 Å². The van der Waals surface area contributed by atoms with Crippen molar-refractivity contribution in [3.8, 4) is 0 Å². The molecule has 0 aromatic heterocycles. The molecule has 1 aliphatic rings. The average molecular weight is 387 g/mol. The van der Waals surface area contributed by atoms with E-state index in [9.17, 15) is 9.59 Å². The molecule has 2 N–H and O–H groups in total. The average Bonchev–Trinajstić information content (AvgIpc) is 3.37. The largest absolute Gasteiger partial charge is 0.352 e. The molecule has 0 aliphatic heterocycles. The highest BCUT2D eigenvalue weighted by Crippen LogP contribution is 2.39. The number of aryl methyl sites for hydroxylation is 1. The Morgan fingerprint density at radius 1 is 1.08 bits per heavy atom. The van der Waals surface area contributed by atoms with Crippen molar-refractivity contribution in [2.24, 2.45) is 11.8 Å². The van der Waals surface area contributed by atoms with Gasteiger partial charge in [0.1, 0.15) is 0 Å². The van der Waals surface area contributed by atoms with Gasteiger partial charge in [0.15, 0.2) is 0 Å². The molecular formula is C19H19BrN2O2. The molecule has 1 fully saturated rings. The van der Waals surface area contributed by atoms with Crippen LogP contribution in [0.25, 0.3) is 0 Å². The molecule has 0 saturated heterocycles. The Bertz CT molecular complexity index is 761. The molecule has 2 aromatic carbocycles. The van der Waals surface area contributed by atoms with Gasteiger partial charge < -0.3 is 10.6 Å². The minimum absolute atomic E-state index is 0.0495. The molecule has 1 saturated carbocycles. The van der Waals surface area contributed by atoms with Crippen molar-refractivity contribution in [3.05, 3.63) is 64.1 Å². The van der Waals surface area contributed by atoms with Crippen LogP contribution < -0.4 is 10.6 Å². The summed E-state index contributed by atoms with van der Waals surface area (Å²) in [6.07, 6.45) is 0.613. The van der Waals surface area contributed by atoms with E-state index in [4.69, 9.17) is 0 Å². The van der Waals surface area contributed by atoms with E-state index in [1.807, 2.05) is 55.5 Å². The zero-order valence-corrected chi connectivity index (χ0v) is 15.0. The molecular weight excluding hydrogens is 368 g/mol. The number of amides is 2. The summed E-state index contributed by atoms with van der Waals surface area (Å²) < 4.78 is 0.975. The lowest BCUT2D eigenvalue weighted by Crippen LogP contribution is -2.27. The van der Waals surface area contributed by atoms with Gasteiger partial charge in [-0.2, -0.15) is 0 Å². The van der Waals surface area contributed by atoms with Crippen LogP contribution in [-0.4, -0.2) is 11.8 Å². The molecule has 5 heteroatoms. The number of carbonyl (C=O) groups is 2. The van der Waals surface area contributed by atoms with E-state index in [1.165, 1.54) is 0 Å². The smallest absolute Gasteiger partial charge is 0.228 e. The van der Waals surface area contributed by atoms with Gasteiger partial charge in [0.2, 0.25) is 11.8 Å². The maximum absolute atomic E-state index is 12.3. The quantitative estimate of drug-likeness (QED) is 0.823. The number of nitrogens with one attached hydrogen (secondary N) is 2. The summed E-state index contributed by atoms with van der Waals surface area (Å²) in [6.45, 7) is 2.44. The molecule has 4 nitrogen and oxygen atoms in total. The molecule has 0 spiro atoms. The third-order valence-corrected chi connectivity index (χ3v) is 4.71. The first-order chi connectivity index (χ1) is 11.5. The maximum Gasteiger partial charge on any atom is 0.228 e. The summed E-state index contributed by atoms with van der Waals surface area (Å²) in [6, 6.07) is 15.5.